The van der Waals surface area contributed by atoms with Crippen LogP contribution in [0.5, 0.6) is 0 Å². The zero-order valence-corrected chi connectivity index (χ0v) is 13.3. The highest BCUT2D eigenvalue weighted by Gasteiger charge is 2.20. The molecule has 0 aromatic heterocycles. The van der Waals surface area contributed by atoms with Gasteiger partial charge in [-0.3, -0.25) is 4.79 Å². The minimum Gasteiger partial charge on any atom is -0.338 e. The molecule has 0 bridgehead atoms. The van der Waals surface area contributed by atoms with Gasteiger partial charge in [-0.1, -0.05) is 36.4 Å². The van der Waals surface area contributed by atoms with Gasteiger partial charge in [0.25, 0.3) is 5.91 Å². The molecular formula is C17H16INO. The predicted octanol–water partition coefficient (Wildman–Crippen LogP) is 3.53. The van der Waals surface area contributed by atoms with E-state index in [2.05, 4.69) is 46.9 Å². The second-order valence-corrected chi connectivity index (χ2v) is 6.20. The van der Waals surface area contributed by atoms with Gasteiger partial charge >= 0.3 is 0 Å². The van der Waals surface area contributed by atoms with Crippen LogP contribution < -0.4 is 0 Å². The molecule has 20 heavy (non-hydrogen) atoms. The first-order valence-corrected chi connectivity index (χ1v) is 7.94. The van der Waals surface area contributed by atoms with Crippen LogP contribution in [0.15, 0.2) is 48.5 Å². The summed E-state index contributed by atoms with van der Waals surface area (Å²) < 4.78 is 1.02. The van der Waals surface area contributed by atoms with E-state index in [4.69, 9.17) is 0 Å². The monoisotopic (exact) mass is 377 g/mol. The predicted molar refractivity (Wildman–Crippen MR) is 88.9 cm³/mol. The number of halogens is 1. The number of benzene rings is 2. The molecule has 0 unspecified atom stereocenters. The van der Waals surface area contributed by atoms with Gasteiger partial charge in [0.05, 0.1) is 5.56 Å². The zero-order valence-electron chi connectivity index (χ0n) is 11.2. The van der Waals surface area contributed by atoms with Gasteiger partial charge < -0.3 is 4.90 Å². The lowest BCUT2D eigenvalue weighted by atomic mass is 10.0. The van der Waals surface area contributed by atoms with Crippen molar-refractivity contribution < 1.29 is 4.79 Å². The molecule has 0 N–H and O–H groups in total. The molecular weight excluding hydrogens is 361 g/mol. The van der Waals surface area contributed by atoms with Crippen LogP contribution in [0, 0.1) is 3.57 Å². The summed E-state index contributed by atoms with van der Waals surface area (Å²) in [7, 11) is 0. The van der Waals surface area contributed by atoms with Gasteiger partial charge in [0, 0.05) is 16.7 Å². The normalized spacial score (nSPS) is 14.6. The first-order valence-electron chi connectivity index (χ1n) is 6.86. The molecule has 0 aliphatic carbocycles. The smallest absolute Gasteiger partial charge is 0.254 e. The van der Waals surface area contributed by atoms with Crippen molar-refractivity contribution in [1.29, 1.82) is 0 Å². The second-order valence-electron chi connectivity index (χ2n) is 5.04. The molecule has 0 spiro atoms. The Hall–Kier alpha value is -1.36. The maximum absolute atomic E-state index is 12.6. The lowest BCUT2D eigenvalue weighted by molar-refractivity contribution is 0.0762. The van der Waals surface area contributed by atoms with Crippen LogP contribution in [0.25, 0.3) is 0 Å². The molecule has 3 heteroatoms. The van der Waals surface area contributed by atoms with Crippen LogP contribution >= 0.6 is 22.6 Å². The molecule has 0 radical (unpaired) electrons. The molecule has 102 valence electrons. The average molecular weight is 377 g/mol. The lowest BCUT2D eigenvalue weighted by Crippen LogP contribution is -2.33. The minimum atomic E-state index is 0.155. The fourth-order valence-electron chi connectivity index (χ4n) is 2.68. The Balaban J connectivity index is 1.80. The molecule has 0 atom stereocenters. The number of rotatable bonds is 1. The van der Waals surface area contributed by atoms with Crippen LogP contribution in [-0.4, -0.2) is 23.9 Å². The molecule has 1 aliphatic rings. The molecule has 0 fully saturated rings. The van der Waals surface area contributed by atoms with Gasteiger partial charge in [-0.25, -0.2) is 0 Å². The number of hydrogen-bond acceptors (Lipinski definition) is 1. The number of carbonyl (C=O) groups is 1. The molecule has 1 heterocycles. The van der Waals surface area contributed by atoms with E-state index in [1.54, 1.807) is 0 Å². The van der Waals surface area contributed by atoms with Gasteiger partial charge in [0.15, 0.2) is 0 Å². The molecule has 3 rings (SSSR count). The van der Waals surface area contributed by atoms with Crippen molar-refractivity contribution >= 4 is 28.5 Å². The van der Waals surface area contributed by atoms with E-state index in [1.165, 1.54) is 11.1 Å². The molecule has 2 nitrogen and oxygen atoms in total. The van der Waals surface area contributed by atoms with Crippen LogP contribution in [0.4, 0.5) is 0 Å². The Bertz CT molecular complexity index is 611. The summed E-state index contributed by atoms with van der Waals surface area (Å²) >= 11 is 2.23. The number of nitrogens with zero attached hydrogens (tertiary/aromatic N) is 1. The van der Waals surface area contributed by atoms with Crippen LogP contribution in [0.1, 0.15) is 21.5 Å². The highest BCUT2D eigenvalue weighted by atomic mass is 127. The maximum atomic E-state index is 12.6. The van der Waals surface area contributed by atoms with E-state index in [9.17, 15) is 4.79 Å². The Morgan fingerprint density at radius 3 is 2.05 bits per heavy atom. The first-order chi connectivity index (χ1) is 9.75. The molecule has 1 amide bonds. The summed E-state index contributed by atoms with van der Waals surface area (Å²) in [5.74, 6) is 0.155. The van der Waals surface area contributed by atoms with Crippen molar-refractivity contribution in [2.45, 2.75) is 12.8 Å². The lowest BCUT2D eigenvalue weighted by Gasteiger charge is -2.20. The largest absolute Gasteiger partial charge is 0.338 e. The van der Waals surface area contributed by atoms with Crippen molar-refractivity contribution in [3.05, 3.63) is 68.8 Å². The average Bonchev–Trinajstić information content (AvgIpc) is 2.70. The number of fused-ring (bicyclic) bond motifs is 1. The summed E-state index contributed by atoms with van der Waals surface area (Å²) in [6, 6.07) is 16.3. The summed E-state index contributed by atoms with van der Waals surface area (Å²) in [6.07, 6.45) is 1.90. The highest BCUT2D eigenvalue weighted by molar-refractivity contribution is 14.1. The number of amides is 1. The number of hydrogen-bond donors (Lipinski definition) is 0. The summed E-state index contributed by atoms with van der Waals surface area (Å²) in [6.45, 7) is 1.61. The standard InChI is InChI=1S/C17H16INO/c18-16-8-4-3-7-15(16)17(20)19-11-9-13-5-1-2-6-14(13)10-12-19/h1-8H,9-12H2. The zero-order chi connectivity index (χ0) is 13.9. The van der Waals surface area contributed by atoms with E-state index < -0.39 is 0 Å². The van der Waals surface area contributed by atoms with Gasteiger partial charge in [-0.2, -0.15) is 0 Å². The van der Waals surface area contributed by atoms with Crippen molar-refractivity contribution in [2.24, 2.45) is 0 Å². The fraction of sp³-hybridized carbons (Fsp3) is 0.235. The second kappa shape index (κ2) is 5.95. The topological polar surface area (TPSA) is 20.3 Å². The van der Waals surface area contributed by atoms with Gasteiger partial charge in [-0.15, -0.1) is 0 Å². The van der Waals surface area contributed by atoms with Crippen molar-refractivity contribution in [1.82, 2.24) is 4.90 Å². The van der Waals surface area contributed by atoms with Crippen LogP contribution in [0.2, 0.25) is 0 Å². The Morgan fingerprint density at radius 2 is 1.45 bits per heavy atom. The summed E-state index contributed by atoms with van der Waals surface area (Å²) in [4.78, 5) is 14.6. The van der Waals surface area contributed by atoms with Crippen molar-refractivity contribution in [2.75, 3.05) is 13.1 Å². The molecule has 0 saturated carbocycles. The first kappa shape index (κ1) is 13.6. The Labute approximate surface area is 132 Å². The third kappa shape index (κ3) is 2.73. The van der Waals surface area contributed by atoms with E-state index in [0.717, 1.165) is 35.1 Å². The molecule has 2 aromatic carbocycles. The third-order valence-corrected chi connectivity index (χ3v) is 4.75. The van der Waals surface area contributed by atoms with Gasteiger partial charge in [0.1, 0.15) is 0 Å². The molecule has 0 saturated heterocycles. The molecule has 1 aliphatic heterocycles. The summed E-state index contributed by atoms with van der Waals surface area (Å²) in [5, 5.41) is 0. The summed E-state index contributed by atoms with van der Waals surface area (Å²) in [5.41, 5.74) is 3.58. The Kier molecular flexibility index (Phi) is 4.05. The van der Waals surface area contributed by atoms with E-state index in [0.29, 0.717) is 0 Å². The minimum absolute atomic E-state index is 0.155. The number of carbonyl (C=O) groups excluding carboxylic acids is 1. The Morgan fingerprint density at radius 1 is 0.900 bits per heavy atom. The van der Waals surface area contributed by atoms with Crippen molar-refractivity contribution in [3.63, 3.8) is 0 Å². The van der Waals surface area contributed by atoms with E-state index in [1.807, 2.05) is 29.2 Å². The van der Waals surface area contributed by atoms with Crippen LogP contribution in [-0.2, 0) is 12.8 Å². The SMILES string of the molecule is O=C(c1ccccc1I)N1CCc2ccccc2CC1. The fourth-order valence-corrected chi connectivity index (χ4v) is 3.29. The highest BCUT2D eigenvalue weighted by Crippen LogP contribution is 2.19. The van der Waals surface area contributed by atoms with E-state index in [-0.39, 0.29) is 5.91 Å². The van der Waals surface area contributed by atoms with Crippen LogP contribution in [0.3, 0.4) is 0 Å². The van der Waals surface area contributed by atoms with Gasteiger partial charge in [0.2, 0.25) is 0 Å². The third-order valence-electron chi connectivity index (χ3n) is 3.81. The molecule has 2 aromatic rings. The van der Waals surface area contributed by atoms with E-state index >= 15 is 0 Å². The maximum Gasteiger partial charge on any atom is 0.254 e. The quantitative estimate of drug-likeness (QED) is 0.697. The van der Waals surface area contributed by atoms with Crippen molar-refractivity contribution in [3.8, 4) is 0 Å². The van der Waals surface area contributed by atoms with Gasteiger partial charge in [-0.05, 0) is 58.7 Å².